The smallest absolute Gasteiger partial charge is 0.269 e. The molecule has 0 aliphatic rings. The predicted octanol–water partition coefficient (Wildman–Crippen LogP) is 5.79. The molecule has 1 N–H and O–H groups in total. The number of aryl methyl sites for hydroxylation is 1. The largest absolute Gasteiger partial charge is 0.489 e. The van der Waals surface area contributed by atoms with Gasteiger partial charge in [-0.2, -0.15) is 5.10 Å². The summed E-state index contributed by atoms with van der Waals surface area (Å²) in [7, 11) is -4.10. The predicted molar refractivity (Wildman–Crippen MR) is 162 cm³/mol. The van der Waals surface area contributed by atoms with Crippen LogP contribution in [0.1, 0.15) is 22.3 Å². The number of nitrogens with one attached hydrogen (secondary N) is 1. The van der Waals surface area contributed by atoms with E-state index in [1.165, 1.54) is 30.5 Å². The molecule has 0 bridgehead atoms. The minimum atomic E-state index is -4.10. The number of hydrazone groups is 1. The summed E-state index contributed by atoms with van der Waals surface area (Å²) in [4.78, 5) is 23.2. The van der Waals surface area contributed by atoms with Crippen LogP contribution in [-0.2, 0) is 21.4 Å². The molecule has 0 radical (unpaired) electrons. The number of nitrogens with zero attached hydrogens (tertiary/aromatic N) is 3. The van der Waals surface area contributed by atoms with Crippen molar-refractivity contribution in [3.05, 3.63) is 128 Å². The molecule has 4 aromatic rings. The lowest BCUT2D eigenvalue weighted by atomic mass is 10.2. The number of hydrogen-bond acceptors (Lipinski definition) is 7. The van der Waals surface area contributed by atoms with E-state index >= 15 is 0 Å². The van der Waals surface area contributed by atoms with Crippen molar-refractivity contribution in [3.8, 4) is 5.75 Å². The highest BCUT2D eigenvalue weighted by Crippen LogP contribution is 2.31. The van der Waals surface area contributed by atoms with Gasteiger partial charge < -0.3 is 4.74 Å². The number of ether oxygens (including phenoxy) is 1. The molecule has 0 aromatic heterocycles. The summed E-state index contributed by atoms with van der Waals surface area (Å²) in [5, 5.41) is 15.1. The van der Waals surface area contributed by atoms with Gasteiger partial charge in [0, 0.05) is 17.2 Å². The Balaban J connectivity index is 1.41. The zero-order valence-electron chi connectivity index (χ0n) is 22.7. The van der Waals surface area contributed by atoms with Gasteiger partial charge in [-0.25, -0.2) is 13.8 Å². The SMILES string of the molecule is Cc1ccc(S(=O)(=O)N(CC(=O)N/N=C\c2ccc(OCc3ccc([N+](=O)[O-])cc3)cc2)c2cccc(Cl)c2C)cc1. The van der Waals surface area contributed by atoms with Crippen LogP contribution in [0.15, 0.2) is 101 Å². The molecule has 216 valence electrons. The molecule has 4 rings (SSSR count). The standard InChI is InChI=1S/C30H27ClN4O6S/c1-21-6-16-27(17-7-21)42(39,40)34(29-5-3-4-28(31)22(29)2)19-30(36)33-32-18-23-10-14-26(15-11-23)41-20-24-8-12-25(13-9-24)35(37)38/h3-18H,19-20H2,1-2H3,(H,33,36)/b32-18-. The average Bonchev–Trinajstić information content (AvgIpc) is 2.97. The van der Waals surface area contributed by atoms with E-state index in [1.807, 2.05) is 6.92 Å². The van der Waals surface area contributed by atoms with Crippen LogP contribution >= 0.6 is 11.6 Å². The fraction of sp³-hybridized carbons (Fsp3) is 0.133. The number of hydrogen-bond donors (Lipinski definition) is 1. The average molecular weight is 607 g/mol. The van der Waals surface area contributed by atoms with Crippen LogP contribution < -0.4 is 14.5 Å². The lowest BCUT2D eigenvalue weighted by Crippen LogP contribution is -2.40. The lowest BCUT2D eigenvalue weighted by Gasteiger charge is -2.25. The molecule has 0 saturated heterocycles. The van der Waals surface area contributed by atoms with Gasteiger partial charge in [-0.3, -0.25) is 19.2 Å². The summed E-state index contributed by atoms with van der Waals surface area (Å²) in [6.07, 6.45) is 1.42. The van der Waals surface area contributed by atoms with Crippen molar-refractivity contribution in [1.82, 2.24) is 5.43 Å². The molecule has 4 aromatic carbocycles. The van der Waals surface area contributed by atoms with Crippen molar-refractivity contribution in [2.24, 2.45) is 5.10 Å². The third-order valence-electron chi connectivity index (χ3n) is 6.24. The maximum atomic E-state index is 13.6. The Labute approximate surface area is 248 Å². The van der Waals surface area contributed by atoms with E-state index in [1.54, 1.807) is 73.7 Å². The Bertz CT molecular complexity index is 1710. The molecule has 10 nitrogen and oxygen atoms in total. The fourth-order valence-corrected chi connectivity index (χ4v) is 5.53. The molecular formula is C30H27ClN4O6S. The summed E-state index contributed by atoms with van der Waals surface area (Å²) in [6.45, 7) is 3.24. The van der Waals surface area contributed by atoms with Gasteiger partial charge in [0.25, 0.3) is 21.6 Å². The molecular weight excluding hydrogens is 580 g/mol. The quantitative estimate of drug-likeness (QED) is 0.131. The van der Waals surface area contributed by atoms with Crippen LogP contribution in [0.5, 0.6) is 5.75 Å². The van der Waals surface area contributed by atoms with Crippen LogP contribution in [-0.4, -0.2) is 32.0 Å². The Morgan fingerprint density at radius 3 is 2.31 bits per heavy atom. The zero-order chi connectivity index (χ0) is 30.3. The molecule has 12 heteroatoms. The van der Waals surface area contributed by atoms with E-state index < -0.39 is 27.4 Å². The number of nitro benzene ring substituents is 1. The molecule has 0 atom stereocenters. The Morgan fingerprint density at radius 1 is 1.00 bits per heavy atom. The van der Waals surface area contributed by atoms with Gasteiger partial charge in [0.1, 0.15) is 18.9 Å². The van der Waals surface area contributed by atoms with Crippen LogP contribution in [0.2, 0.25) is 5.02 Å². The van der Waals surface area contributed by atoms with Crippen molar-refractivity contribution in [2.45, 2.75) is 25.3 Å². The number of nitro groups is 1. The summed E-state index contributed by atoms with van der Waals surface area (Å²) in [6, 6.07) is 24.2. The van der Waals surface area contributed by atoms with Gasteiger partial charge in [0.15, 0.2) is 0 Å². The van der Waals surface area contributed by atoms with Gasteiger partial charge in [-0.05, 0) is 91.2 Å². The summed E-state index contributed by atoms with van der Waals surface area (Å²) < 4.78 is 33.9. The molecule has 0 aliphatic heterocycles. The van der Waals surface area contributed by atoms with Crippen molar-refractivity contribution in [3.63, 3.8) is 0 Å². The van der Waals surface area contributed by atoms with Crippen molar-refractivity contribution < 1.29 is 22.9 Å². The highest BCUT2D eigenvalue weighted by molar-refractivity contribution is 7.92. The lowest BCUT2D eigenvalue weighted by molar-refractivity contribution is -0.384. The second-order valence-corrected chi connectivity index (χ2v) is 11.6. The van der Waals surface area contributed by atoms with E-state index in [0.717, 1.165) is 15.4 Å². The van der Waals surface area contributed by atoms with E-state index in [2.05, 4.69) is 10.5 Å². The van der Waals surface area contributed by atoms with Gasteiger partial charge in [0.2, 0.25) is 0 Å². The third kappa shape index (κ3) is 7.50. The summed E-state index contributed by atoms with van der Waals surface area (Å²) in [5.41, 5.74) is 5.53. The van der Waals surface area contributed by atoms with Crippen LogP contribution in [0.25, 0.3) is 0 Å². The third-order valence-corrected chi connectivity index (χ3v) is 8.42. The molecule has 42 heavy (non-hydrogen) atoms. The Kier molecular flexibility index (Phi) is 9.56. The number of carbonyl (C=O) groups excluding carboxylic acids is 1. The first-order valence-electron chi connectivity index (χ1n) is 12.7. The minimum Gasteiger partial charge on any atom is -0.489 e. The topological polar surface area (TPSA) is 131 Å². The maximum Gasteiger partial charge on any atom is 0.269 e. The van der Waals surface area contributed by atoms with Crippen LogP contribution in [0.3, 0.4) is 0 Å². The van der Waals surface area contributed by atoms with Crippen molar-refractivity contribution >= 4 is 45.1 Å². The second-order valence-electron chi connectivity index (χ2n) is 9.28. The number of rotatable bonds is 11. The fourth-order valence-electron chi connectivity index (χ4n) is 3.88. The summed E-state index contributed by atoms with van der Waals surface area (Å²) in [5.74, 6) is -0.0762. The molecule has 0 aliphatic carbocycles. The highest BCUT2D eigenvalue weighted by atomic mass is 35.5. The molecule has 1 amide bonds. The van der Waals surface area contributed by atoms with E-state index in [0.29, 0.717) is 21.9 Å². The molecule has 0 saturated carbocycles. The van der Waals surface area contributed by atoms with Gasteiger partial charge in [0.05, 0.1) is 21.7 Å². The first-order valence-corrected chi connectivity index (χ1v) is 14.5. The number of anilines is 1. The number of benzene rings is 4. The number of sulfonamides is 1. The van der Waals surface area contributed by atoms with Crippen LogP contribution in [0, 0.1) is 24.0 Å². The Hall–Kier alpha value is -4.74. The molecule has 0 heterocycles. The first kappa shape index (κ1) is 30.2. The van der Waals surface area contributed by atoms with E-state index in [-0.39, 0.29) is 22.9 Å². The monoisotopic (exact) mass is 606 g/mol. The number of amides is 1. The van der Waals surface area contributed by atoms with Crippen molar-refractivity contribution in [1.29, 1.82) is 0 Å². The maximum absolute atomic E-state index is 13.6. The van der Waals surface area contributed by atoms with Gasteiger partial charge >= 0.3 is 0 Å². The highest BCUT2D eigenvalue weighted by Gasteiger charge is 2.28. The molecule has 0 spiro atoms. The minimum absolute atomic E-state index is 0.00894. The molecule has 0 unspecified atom stereocenters. The normalized spacial score (nSPS) is 11.3. The second kappa shape index (κ2) is 13.3. The number of carbonyl (C=O) groups is 1. The first-order chi connectivity index (χ1) is 20.0. The van der Waals surface area contributed by atoms with Gasteiger partial charge in [-0.1, -0.05) is 35.4 Å². The Morgan fingerprint density at radius 2 is 1.67 bits per heavy atom. The van der Waals surface area contributed by atoms with Crippen molar-refractivity contribution in [2.75, 3.05) is 10.8 Å². The summed E-state index contributed by atoms with van der Waals surface area (Å²) >= 11 is 6.26. The van der Waals surface area contributed by atoms with Gasteiger partial charge in [-0.15, -0.1) is 0 Å². The van der Waals surface area contributed by atoms with Crippen LogP contribution in [0.4, 0.5) is 11.4 Å². The van der Waals surface area contributed by atoms with E-state index in [4.69, 9.17) is 16.3 Å². The zero-order valence-corrected chi connectivity index (χ0v) is 24.3. The van der Waals surface area contributed by atoms with E-state index in [9.17, 15) is 23.3 Å². The number of non-ortho nitro benzene ring substituents is 1. The molecule has 0 fully saturated rings. The number of halogens is 1.